The highest BCUT2D eigenvalue weighted by molar-refractivity contribution is 7.89. The van der Waals surface area contributed by atoms with E-state index in [2.05, 4.69) is 5.32 Å². The van der Waals surface area contributed by atoms with Crippen LogP contribution in [-0.4, -0.2) is 32.3 Å². The third-order valence-electron chi connectivity index (χ3n) is 5.75. The Morgan fingerprint density at radius 2 is 1.91 bits per heavy atom. The van der Waals surface area contributed by atoms with Crippen molar-refractivity contribution in [2.75, 3.05) is 13.7 Å². The third-order valence-corrected chi connectivity index (χ3v) is 8.68. The van der Waals surface area contributed by atoms with Gasteiger partial charge in [-0.25, -0.2) is 8.42 Å². The molecule has 0 aliphatic carbocycles. The van der Waals surface area contributed by atoms with Crippen molar-refractivity contribution in [2.45, 2.75) is 37.8 Å². The fourth-order valence-electron chi connectivity index (χ4n) is 4.01. The molecule has 1 aliphatic rings. The van der Waals surface area contributed by atoms with Crippen LogP contribution in [0.4, 0.5) is 0 Å². The molecule has 2 heterocycles. The van der Waals surface area contributed by atoms with Gasteiger partial charge in [0.25, 0.3) is 5.91 Å². The molecule has 1 aliphatic heterocycles. The molecule has 1 amide bonds. The van der Waals surface area contributed by atoms with Crippen LogP contribution in [0.15, 0.2) is 58.8 Å². The number of benzene rings is 2. The number of ether oxygens (including phenoxy) is 1. The zero-order valence-electron chi connectivity index (χ0n) is 18.3. The number of methoxy groups -OCH3 is 1. The van der Waals surface area contributed by atoms with Gasteiger partial charge in [0, 0.05) is 18.7 Å². The van der Waals surface area contributed by atoms with Crippen molar-refractivity contribution >= 4 is 27.3 Å². The van der Waals surface area contributed by atoms with Gasteiger partial charge in [-0.15, -0.1) is 11.3 Å². The predicted octanol–water partition coefficient (Wildman–Crippen LogP) is 4.30. The van der Waals surface area contributed by atoms with E-state index in [0.717, 1.165) is 28.0 Å². The molecule has 4 rings (SSSR count). The first-order valence-corrected chi connectivity index (χ1v) is 12.7. The van der Waals surface area contributed by atoms with Gasteiger partial charge in [0.05, 0.1) is 13.2 Å². The predicted molar refractivity (Wildman–Crippen MR) is 126 cm³/mol. The van der Waals surface area contributed by atoms with Crippen LogP contribution in [0.25, 0.3) is 0 Å². The molecule has 1 unspecified atom stereocenters. The molecule has 32 heavy (non-hydrogen) atoms. The van der Waals surface area contributed by atoms with Crippen LogP contribution in [0.2, 0.25) is 0 Å². The van der Waals surface area contributed by atoms with Crippen molar-refractivity contribution in [3.8, 4) is 5.75 Å². The number of rotatable bonds is 6. The summed E-state index contributed by atoms with van der Waals surface area (Å²) in [6.07, 6.45) is 0.658. The van der Waals surface area contributed by atoms with E-state index in [1.54, 1.807) is 12.5 Å². The van der Waals surface area contributed by atoms with Gasteiger partial charge in [-0.2, -0.15) is 4.31 Å². The second-order valence-electron chi connectivity index (χ2n) is 7.91. The smallest absolute Gasteiger partial charge is 0.263 e. The topological polar surface area (TPSA) is 75.7 Å². The lowest BCUT2D eigenvalue weighted by molar-refractivity contribution is 0.0940. The van der Waals surface area contributed by atoms with Crippen LogP contribution >= 0.6 is 11.3 Å². The lowest BCUT2D eigenvalue weighted by Crippen LogP contribution is -2.37. The number of aryl methyl sites for hydroxylation is 1. The Balaban J connectivity index is 1.57. The molecule has 8 heteroatoms. The molecule has 0 spiro atoms. The van der Waals surface area contributed by atoms with Crippen LogP contribution in [-0.2, 0) is 23.0 Å². The number of amides is 1. The zero-order chi connectivity index (χ0) is 22.9. The summed E-state index contributed by atoms with van der Waals surface area (Å²) < 4.78 is 33.7. The number of hydrogen-bond acceptors (Lipinski definition) is 5. The summed E-state index contributed by atoms with van der Waals surface area (Å²) in [5, 5.41) is 4.59. The zero-order valence-corrected chi connectivity index (χ0v) is 19.9. The van der Waals surface area contributed by atoms with E-state index in [0.29, 0.717) is 25.3 Å². The van der Waals surface area contributed by atoms with E-state index in [9.17, 15) is 13.2 Å². The number of fused-ring (bicyclic) bond motifs is 1. The second-order valence-corrected chi connectivity index (χ2v) is 10.7. The first kappa shape index (κ1) is 22.5. The number of sulfonamides is 1. The van der Waals surface area contributed by atoms with Gasteiger partial charge in [-0.3, -0.25) is 4.79 Å². The van der Waals surface area contributed by atoms with Crippen molar-refractivity contribution in [3.05, 3.63) is 81.0 Å². The summed E-state index contributed by atoms with van der Waals surface area (Å²) in [4.78, 5) is 13.4. The molecule has 2 aromatic carbocycles. The lowest BCUT2D eigenvalue weighted by atomic mass is 10.0. The van der Waals surface area contributed by atoms with E-state index in [-0.39, 0.29) is 15.8 Å². The summed E-state index contributed by atoms with van der Waals surface area (Å²) in [5.41, 5.74) is 4.06. The highest BCUT2D eigenvalue weighted by Gasteiger charge is 2.32. The average Bonchev–Trinajstić information content (AvgIpc) is 3.30. The maximum atomic E-state index is 13.4. The largest absolute Gasteiger partial charge is 0.496 e. The number of carbonyl (C=O) groups excluding carboxylic acids is 1. The van der Waals surface area contributed by atoms with Crippen LogP contribution < -0.4 is 10.1 Å². The molecule has 0 radical (unpaired) electrons. The Bertz CT molecular complexity index is 1250. The van der Waals surface area contributed by atoms with E-state index < -0.39 is 15.9 Å². The monoisotopic (exact) mass is 470 g/mol. The summed E-state index contributed by atoms with van der Waals surface area (Å²) >= 11 is 1.14. The molecule has 1 N–H and O–H groups in total. The lowest BCUT2D eigenvalue weighted by Gasteiger charge is -2.28. The molecule has 0 fully saturated rings. The van der Waals surface area contributed by atoms with Crippen molar-refractivity contribution in [2.24, 2.45) is 0 Å². The van der Waals surface area contributed by atoms with E-state index in [4.69, 9.17) is 4.74 Å². The van der Waals surface area contributed by atoms with E-state index in [1.165, 1.54) is 15.9 Å². The van der Waals surface area contributed by atoms with Gasteiger partial charge in [-0.05, 0) is 48.9 Å². The van der Waals surface area contributed by atoms with E-state index >= 15 is 0 Å². The Labute approximate surface area is 192 Å². The Morgan fingerprint density at radius 1 is 1.16 bits per heavy atom. The van der Waals surface area contributed by atoms with Crippen molar-refractivity contribution in [1.82, 2.24) is 9.62 Å². The maximum absolute atomic E-state index is 13.4. The number of thiophene rings is 1. The molecule has 1 aromatic heterocycles. The van der Waals surface area contributed by atoms with Crippen molar-refractivity contribution < 1.29 is 17.9 Å². The molecule has 1 atom stereocenters. The summed E-state index contributed by atoms with van der Waals surface area (Å²) in [6.45, 7) is 4.54. The van der Waals surface area contributed by atoms with Gasteiger partial charge in [0.1, 0.15) is 15.5 Å². The first-order valence-electron chi connectivity index (χ1n) is 10.4. The van der Waals surface area contributed by atoms with Crippen molar-refractivity contribution in [1.29, 1.82) is 0 Å². The number of hydrogen-bond donors (Lipinski definition) is 1. The fraction of sp³-hybridized carbons (Fsp3) is 0.292. The molecule has 6 nitrogen and oxygen atoms in total. The van der Waals surface area contributed by atoms with E-state index in [1.807, 2.05) is 56.3 Å². The second kappa shape index (κ2) is 9.05. The third kappa shape index (κ3) is 4.30. The number of carbonyl (C=O) groups is 1. The van der Waals surface area contributed by atoms with Gasteiger partial charge < -0.3 is 10.1 Å². The minimum atomic E-state index is -3.80. The molecule has 168 valence electrons. The minimum Gasteiger partial charge on any atom is -0.496 e. The van der Waals surface area contributed by atoms with Crippen LogP contribution in [0, 0.1) is 6.92 Å². The SMILES string of the molecule is COc1ccc(C)cc1C(C)NC(=O)c1sccc1S(=O)(=O)N1CCc2ccccc2C1. The molecule has 0 saturated carbocycles. The minimum absolute atomic E-state index is 0.0581. The van der Waals surface area contributed by atoms with Gasteiger partial charge in [0.2, 0.25) is 10.0 Å². The fourth-order valence-corrected chi connectivity index (χ4v) is 6.73. The highest BCUT2D eigenvalue weighted by atomic mass is 32.2. The number of nitrogens with one attached hydrogen (secondary N) is 1. The van der Waals surface area contributed by atoms with Crippen LogP contribution in [0.1, 0.15) is 44.9 Å². The Hall–Kier alpha value is -2.68. The van der Waals surface area contributed by atoms with Crippen LogP contribution in [0.5, 0.6) is 5.75 Å². The first-order chi connectivity index (χ1) is 15.3. The van der Waals surface area contributed by atoms with Crippen molar-refractivity contribution in [3.63, 3.8) is 0 Å². The Morgan fingerprint density at radius 3 is 2.66 bits per heavy atom. The summed E-state index contributed by atoms with van der Waals surface area (Å²) in [5.74, 6) is 0.265. The molecular formula is C24H26N2O4S2. The van der Waals surface area contributed by atoms with Gasteiger partial charge in [0.15, 0.2) is 0 Å². The summed E-state index contributed by atoms with van der Waals surface area (Å²) in [7, 11) is -2.21. The molecule has 0 saturated heterocycles. The standard InChI is InChI=1S/C24H26N2O4S2/c1-16-8-9-21(30-3)20(14-16)17(2)25-24(27)23-22(11-13-31-23)32(28,29)26-12-10-18-6-4-5-7-19(18)15-26/h4-9,11,13-14,17H,10,12,15H2,1-3H3,(H,25,27). The molecular weight excluding hydrogens is 444 g/mol. The Kier molecular flexibility index (Phi) is 6.37. The maximum Gasteiger partial charge on any atom is 0.263 e. The normalized spacial score (nSPS) is 15.1. The highest BCUT2D eigenvalue weighted by Crippen LogP contribution is 2.31. The number of nitrogens with zero attached hydrogens (tertiary/aromatic N) is 1. The summed E-state index contributed by atoms with van der Waals surface area (Å²) in [6, 6.07) is 14.8. The van der Waals surface area contributed by atoms with Gasteiger partial charge in [-0.1, -0.05) is 42.0 Å². The van der Waals surface area contributed by atoms with Gasteiger partial charge >= 0.3 is 0 Å². The average molecular weight is 471 g/mol. The quantitative estimate of drug-likeness (QED) is 0.583. The van der Waals surface area contributed by atoms with Crippen LogP contribution in [0.3, 0.4) is 0 Å². The molecule has 3 aromatic rings. The molecule has 0 bridgehead atoms.